The molecule has 1 fully saturated rings. The Balaban J connectivity index is 2.07. The Labute approximate surface area is 113 Å². The molecule has 0 aromatic carbocycles. The van der Waals surface area contributed by atoms with Gasteiger partial charge < -0.3 is 10.1 Å². The Hall–Kier alpha value is -0.960. The van der Waals surface area contributed by atoms with Crippen LogP contribution in [0.4, 0.5) is 0 Å². The number of rotatable bonds is 6. The summed E-state index contributed by atoms with van der Waals surface area (Å²) in [6, 6.07) is 0. The number of nitrogens with zero attached hydrogens (tertiary/aromatic N) is 1. The van der Waals surface area contributed by atoms with E-state index in [-0.39, 0.29) is 10.4 Å². The Kier molecular flexibility index (Phi) is 4.24. The molecule has 1 aliphatic heterocycles. The molecule has 8 heteroatoms. The molecular weight excluding hydrogens is 268 g/mol. The largest absolute Gasteiger partial charge is 0.383 e. The number of H-pyrrole nitrogens is 1. The van der Waals surface area contributed by atoms with E-state index < -0.39 is 10.0 Å². The van der Waals surface area contributed by atoms with Gasteiger partial charge in [0.1, 0.15) is 4.90 Å². The summed E-state index contributed by atoms with van der Waals surface area (Å²) in [4.78, 5) is 0.193. The molecule has 2 heterocycles. The summed E-state index contributed by atoms with van der Waals surface area (Å²) in [5, 5.41) is 9.69. The van der Waals surface area contributed by atoms with Gasteiger partial charge in [0.2, 0.25) is 10.0 Å². The molecule has 1 saturated heterocycles. The average Bonchev–Trinajstić information content (AvgIpc) is 2.97. The van der Waals surface area contributed by atoms with E-state index >= 15 is 0 Å². The Morgan fingerprint density at radius 1 is 1.58 bits per heavy atom. The summed E-state index contributed by atoms with van der Waals surface area (Å²) in [5.74, 6) is 0. The molecule has 1 unspecified atom stereocenters. The van der Waals surface area contributed by atoms with Crippen molar-refractivity contribution >= 4 is 10.0 Å². The Morgan fingerprint density at radius 2 is 2.37 bits per heavy atom. The molecule has 0 aliphatic carbocycles. The molecule has 19 heavy (non-hydrogen) atoms. The highest BCUT2D eigenvalue weighted by Gasteiger charge is 2.35. The number of aromatic nitrogens is 2. The summed E-state index contributed by atoms with van der Waals surface area (Å²) in [5.41, 5.74) is 0.229. The van der Waals surface area contributed by atoms with Crippen molar-refractivity contribution in [1.82, 2.24) is 20.2 Å². The first-order valence-electron chi connectivity index (χ1n) is 6.23. The number of nitrogens with one attached hydrogen (secondary N) is 3. The van der Waals surface area contributed by atoms with Crippen LogP contribution in [-0.2, 0) is 14.8 Å². The maximum atomic E-state index is 12.2. The third kappa shape index (κ3) is 3.14. The fourth-order valence-corrected chi connectivity index (χ4v) is 3.65. The number of hydrogen-bond donors (Lipinski definition) is 3. The van der Waals surface area contributed by atoms with Gasteiger partial charge >= 0.3 is 0 Å². The van der Waals surface area contributed by atoms with E-state index in [1.54, 1.807) is 14.0 Å². The Bertz CT molecular complexity index is 520. The molecule has 0 saturated carbocycles. The number of aromatic amines is 1. The standard InChI is InChI=1S/C11H20N4O3S/c1-9-10(6-13-15-9)19(16,17)14-7-11(8-18-2)4-3-5-12-11/h6,12,14H,3-5,7-8H2,1-2H3,(H,13,15). The van der Waals surface area contributed by atoms with Crippen LogP contribution in [0.2, 0.25) is 0 Å². The zero-order valence-electron chi connectivity index (χ0n) is 11.2. The van der Waals surface area contributed by atoms with E-state index in [2.05, 4.69) is 20.2 Å². The summed E-state index contributed by atoms with van der Waals surface area (Å²) in [7, 11) is -1.91. The van der Waals surface area contributed by atoms with Gasteiger partial charge in [0, 0.05) is 13.7 Å². The maximum Gasteiger partial charge on any atom is 0.244 e. The first-order chi connectivity index (χ1) is 8.99. The molecule has 1 aromatic heterocycles. The van der Waals surface area contributed by atoms with Gasteiger partial charge in [-0.1, -0.05) is 0 Å². The molecule has 2 rings (SSSR count). The van der Waals surface area contributed by atoms with E-state index in [9.17, 15) is 8.42 Å². The lowest BCUT2D eigenvalue weighted by Crippen LogP contribution is -2.52. The van der Waals surface area contributed by atoms with E-state index in [0.29, 0.717) is 18.8 Å². The van der Waals surface area contributed by atoms with E-state index in [0.717, 1.165) is 19.4 Å². The number of aryl methyl sites for hydroxylation is 1. The molecule has 1 aromatic rings. The number of methoxy groups -OCH3 is 1. The summed E-state index contributed by atoms with van der Waals surface area (Å²) in [6.07, 6.45) is 3.24. The monoisotopic (exact) mass is 288 g/mol. The van der Waals surface area contributed by atoms with Crippen molar-refractivity contribution in [3.8, 4) is 0 Å². The summed E-state index contributed by atoms with van der Waals surface area (Å²) in [6.45, 7) is 3.36. The molecule has 0 amide bonds. The zero-order valence-corrected chi connectivity index (χ0v) is 12.0. The van der Waals surface area contributed by atoms with Crippen molar-refractivity contribution in [1.29, 1.82) is 0 Å². The molecule has 1 atom stereocenters. The second-order valence-corrected chi connectivity index (χ2v) is 6.66. The Morgan fingerprint density at radius 3 is 2.89 bits per heavy atom. The molecule has 0 spiro atoms. The third-order valence-electron chi connectivity index (χ3n) is 3.43. The van der Waals surface area contributed by atoms with Gasteiger partial charge in [-0.25, -0.2) is 13.1 Å². The molecule has 7 nitrogen and oxygen atoms in total. The van der Waals surface area contributed by atoms with Gasteiger partial charge in [-0.3, -0.25) is 5.10 Å². The maximum absolute atomic E-state index is 12.2. The highest BCUT2D eigenvalue weighted by molar-refractivity contribution is 7.89. The fourth-order valence-electron chi connectivity index (χ4n) is 2.39. The van der Waals surface area contributed by atoms with Crippen LogP contribution in [0.1, 0.15) is 18.5 Å². The zero-order chi connectivity index (χ0) is 13.9. The molecule has 3 N–H and O–H groups in total. The van der Waals surface area contributed by atoms with Gasteiger partial charge in [0.15, 0.2) is 0 Å². The van der Waals surface area contributed by atoms with Crippen LogP contribution in [0.5, 0.6) is 0 Å². The van der Waals surface area contributed by atoms with Crippen LogP contribution in [-0.4, -0.2) is 51.0 Å². The van der Waals surface area contributed by atoms with E-state index in [1.807, 2.05) is 0 Å². The summed E-state index contributed by atoms with van der Waals surface area (Å²) >= 11 is 0. The van der Waals surface area contributed by atoms with Crippen LogP contribution < -0.4 is 10.0 Å². The number of sulfonamides is 1. The van der Waals surface area contributed by atoms with Gasteiger partial charge in [0.25, 0.3) is 0 Å². The molecular formula is C11H20N4O3S. The SMILES string of the molecule is COCC1(CNS(=O)(=O)c2cn[nH]c2C)CCCN1. The average molecular weight is 288 g/mol. The number of hydrogen-bond acceptors (Lipinski definition) is 5. The van der Waals surface area contributed by atoms with Gasteiger partial charge in [-0.2, -0.15) is 5.10 Å². The van der Waals surface area contributed by atoms with Crippen molar-refractivity contribution < 1.29 is 13.2 Å². The van der Waals surface area contributed by atoms with Crippen LogP contribution in [0.25, 0.3) is 0 Å². The predicted molar refractivity (Wildman–Crippen MR) is 70.4 cm³/mol. The fraction of sp³-hybridized carbons (Fsp3) is 0.727. The van der Waals surface area contributed by atoms with Crippen molar-refractivity contribution in [3.63, 3.8) is 0 Å². The van der Waals surface area contributed by atoms with Crippen LogP contribution >= 0.6 is 0 Å². The lowest BCUT2D eigenvalue weighted by atomic mass is 9.99. The lowest BCUT2D eigenvalue weighted by Gasteiger charge is -2.28. The van der Waals surface area contributed by atoms with Crippen LogP contribution in [0, 0.1) is 6.92 Å². The van der Waals surface area contributed by atoms with E-state index in [4.69, 9.17) is 4.74 Å². The van der Waals surface area contributed by atoms with Gasteiger partial charge in [-0.05, 0) is 26.3 Å². The predicted octanol–water partition coefficient (Wildman–Crippen LogP) is -0.235. The van der Waals surface area contributed by atoms with Gasteiger partial charge in [-0.15, -0.1) is 0 Å². The van der Waals surface area contributed by atoms with Crippen LogP contribution in [0.15, 0.2) is 11.1 Å². The van der Waals surface area contributed by atoms with Crippen LogP contribution in [0.3, 0.4) is 0 Å². The molecule has 0 bridgehead atoms. The van der Waals surface area contributed by atoms with Crippen molar-refractivity contribution in [2.45, 2.75) is 30.2 Å². The second kappa shape index (κ2) is 5.58. The lowest BCUT2D eigenvalue weighted by molar-refractivity contribution is 0.122. The quantitative estimate of drug-likeness (QED) is 0.671. The third-order valence-corrected chi connectivity index (χ3v) is 4.94. The van der Waals surface area contributed by atoms with Crippen molar-refractivity contribution in [2.75, 3.05) is 26.8 Å². The summed E-state index contributed by atoms with van der Waals surface area (Å²) < 4.78 is 32.2. The van der Waals surface area contributed by atoms with Crippen molar-refractivity contribution in [3.05, 3.63) is 11.9 Å². The minimum absolute atomic E-state index is 0.193. The number of ether oxygens (including phenoxy) is 1. The molecule has 0 radical (unpaired) electrons. The first-order valence-corrected chi connectivity index (χ1v) is 7.71. The minimum Gasteiger partial charge on any atom is -0.383 e. The molecule has 108 valence electrons. The van der Waals surface area contributed by atoms with Gasteiger partial charge in [0.05, 0.1) is 24.0 Å². The van der Waals surface area contributed by atoms with E-state index in [1.165, 1.54) is 6.20 Å². The highest BCUT2D eigenvalue weighted by atomic mass is 32.2. The normalized spacial score (nSPS) is 23.9. The topological polar surface area (TPSA) is 96.1 Å². The first kappa shape index (κ1) is 14.4. The second-order valence-electron chi connectivity index (χ2n) is 4.93. The smallest absolute Gasteiger partial charge is 0.244 e. The highest BCUT2D eigenvalue weighted by Crippen LogP contribution is 2.20. The molecule has 1 aliphatic rings. The van der Waals surface area contributed by atoms with Crippen molar-refractivity contribution in [2.24, 2.45) is 0 Å². The minimum atomic E-state index is -3.53.